The average molecular weight is 383 g/mol. The van der Waals surface area contributed by atoms with Gasteiger partial charge in [-0.2, -0.15) is 0 Å². The largest absolute Gasteiger partial charge is 0.240 e. The van der Waals surface area contributed by atoms with Crippen molar-refractivity contribution in [3.8, 4) is 0 Å². The normalized spacial score (nSPS) is 13.4. The third-order valence-electron chi connectivity index (χ3n) is 3.31. The van der Waals surface area contributed by atoms with E-state index < -0.39 is 10.0 Å². The summed E-state index contributed by atoms with van der Waals surface area (Å²) in [7, 11) is -3.47. The molecule has 0 saturated heterocycles. The molecule has 0 bridgehead atoms. The van der Waals surface area contributed by atoms with E-state index in [1.165, 1.54) is 12.1 Å². The molecule has 0 aliphatic rings. The fraction of sp³-hybridized carbons (Fsp3) is 0.571. The van der Waals surface area contributed by atoms with Gasteiger partial charge in [0, 0.05) is 11.0 Å². The molecule has 0 spiro atoms. The first-order chi connectivity index (χ1) is 9.40. The van der Waals surface area contributed by atoms with Crippen molar-refractivity contribution in [3.05, 3.63) is 27.7 Å². The van der Waals surface area contributed by atoms with Gasteiger partial charge in [0.2, 0.25) is 10.0 Å². The molecule has 1 atom stereocenters. The summed E-state index contributed by atoms with van der Waals surface area (Å²) >= 11 is 9.12. The highest BCUT2D eigenvalue weighted by Crippen LogP contribution is 2.25. The van der Waals surface area contributed by atoms with Crippen LogP contribution in [0.25, 0.3) is 0 Å². The van der Waals surface area contributed by atoms with E-state index in [0.29, 0.717) is 22.0 Å². The number of halogens is 2. The maximum Gasteiger partial charge on any atom is 0.240 e. The number of sulfonamides is 1. The maximum absolute atomic E-state index is 12.2. The summed E-state index contributed by atoms with van der Waals surface area (Å²) < 4.78 is 27.7. The lowest BCUT2D eigenvalue weighted by atomic mass is 10.00. The Labute approximate surface area is 135 Å². The molecule has 0 amide bonds. The Morgan fingerprint density at radius 2 is 2.05 bits per heavy atom. The zero-order chi connectivity index (χ0) is 15.2. The van der Waals surface area contributed by atoms with Gasteiger partial charge in [0.25, 0.3) is 0 Å². The zero-order valence-electron chi connectivity index (χ0n) is 11.8. The van der Waals surface area contributed by atoms with E-state index in [9.17, 15) is 8.42 Å². The van der Waals surface area contributed by atoms with Crippen LogP contribution in [0.5, 0.6) is 0 Å². The van der Waals surface area contributed by atoms with Gasteiger partial charge in [0.15, 0.2) is 0 Å². The molecular weight excluding hydrogens is 362 g/mol. The molecule has 1 N–H and O–H groups in total. The van der Waals surface area contributed by atoms with Gasteiger partial charge in [-0.1, -0.05) is 44.7 Å². The minimum Gasteiger partial charge on any atom is -0.211 e. The summed E-state index contributed by atoms with van der Waals surface area (Å²) in [6.45, 7) is 4.72. The average Bonchev–Trinajstić information content (AvgIpc) is 2.42. The molecule has 1 unspecified atom stereocenters. The highest BCUT2D eigenvalue weighted by atomic mass is 79.9. The summed E-state index contributed by atoms with van der Waals surface area (Å²) in [5, 5.41) is 0.498. The smallest absolute Gasteiger partial charge is 0.211 e. The molecule has 1 aromatic rings. The Balaban J connectivity index is 2.71. The van der Waals surface area contributed by atoms with Gasteiger partial charge in [-0.25, -0.2) is 13.1 Å². The first-order valence-corrected chi connectivity index (χ1v) is 9.50. The summed E-state index contributed by atoms with van der Waals surface area (Å²) in [4.78, 5) is 0.235. The first-order valence-electron chi connectivity index (χ1n) is 6.85. The van der Waals surface area contributed by atoms with E-state index in [-0.39, 0.29) is 4.90 Å². The Morgan fingerprint density at radius 1 is 1.35 bits per heavy atom. The van der Waals surface area contributed by atoms with Crippen LogP contribution in [0.4, 0.5) is 0 Å². The number of rotatable bonds is 8. The second kappa shape index (κ2) is 8.37. The molecule has 0 aliphatic heterocycles. The summed E-state index contributed by atoms with van der Waals surface area (Å²) in [6, 6.07) is 4.62. The first kappa shape index (κ1) is 18.0. The number of benzene rings is 1. The lowest BCUT2D eigenvalue weighted by Crippen LogP contribution is -2.29. The summed E-state index contributed by atoms with van der Waals surface area (Å²) in [5.74, 6) is 0.389. The van der Waals surface area contributed by atoms with Gasteiger partial charge in [0.1, 0.15) is 0 Å². The molecule has 0 aliphatic carbocycles. The molecular formula is C14H21BrClNO2S. The van der Waals surface area contributed by atoms with Crippen molar-refractivity contribution in [1.82, 2.24) is 4.72 Å². The molecule has 0 radical (unpaired) electrons. The number of nitrogens with one attached hydrogen (secondary N) is 1. The fourth-order valence-electron chi connectivity index (χ4n) is 1.90. The van der Waals surface area contributed by atoms with Gasteiger partial charge in [0.05, 0.1) is 9.92 Å². The molecule has 0 fully saturated rings. The summed E-state index contributed by atoms with van der Waals surface area (Å²) in [6.07, 6.45) is 4.30. The van der Waals surface area contributed by atoms with Crippen molar-refractivity contribution < 1.29 is 8.42 Å². The van der Waals surface area contributed by atoms with E-state index >= 15 is 0 Å². The van der Waals surface area contributed by atoms with Gasteiger partial charge in [-0.15, -0.1) is 0 Å². The zero-order valence-corrected chi connectivity index (χ0v) is 15.0. The van der Waals surface area contributed by atoms with Crippen LogP contribution in [-0.4, -0.2) is 15.0 Å². The lowest BCUT2D eigenvalue weighted by molar-refractivity contribution is 0.443. The quantitative estimate of drug-likeness (QED) is 0.714. The van der Waals surface area contributed by atoms with Gasteiger partial charge in [-0.3, -0.25) is 0 Å². The van der Waals surface area contributed by atoms with E-state index in [4.69, 9.17) is 11.6 Å². The molecule has 20 heavy (non-hydrogen) atoms. The molecule has 0 aromatic heterocycles. The maximum atomic E-state index is 12.2. The van der Waals surface area contributed by atoms with Crippen LogP contribution in [0.1, 0.15) is 39.5 Å². The monoisotopic (exact) mass is 381 g/mol. The molecule has 6 heteroatoms. The highest BCUT2D eigenvalue weighted by Gasteiger charge is 2.17. The topological polar surface area (TPSA) is 46.2 Å². The van der Waals surface area contributed by atoms with E-state index in [1.54, 1.807) is 6.07 Å². The van der Waals surface area contributed by atoms with Crippen LogP contribution in [0.15, 0.2) is 27.6 Å². The van der Waals surface area contributed by atoms with E-state index in [1.807, 2.05) is 0 Å². The molecule has 3 nitrogen and oxygen atoms in total. The lowest BCUT2D eigenvalue weighted by Gasteiger charge is -2.15. The Hall–Kier alpha value is -0.100. The third-order valence-corrected chi connectivity index (χ3v) is 5.94. The van der Waals surface area contributed by atoms with Crippen LogP contribution in [0.2, 0.25) is 5.02 Å². The molecule has 0 heterocycles. The van der Waals surface area contributed by atoms with Gasteiger partial charge >= 0.3 is 0 Å². The van der Waals surface area contributed by atoms with Crippen molar-refractivity contribution in [3.63, 3.8) is 0 Å². The number of hydrogen-bond donors (Lipinski definition) is 1. The van der Waals surface area contributed by atoms with Crippen molar-refractivity contribution in [2.75, 3.05) is 6.54 Å². The van der Waals surface area contributed by atoms with Gasteiger partial charge in [-0.05, 0) is 46.5 Å². The SMILES string of the molecule is CCCCC(CC)CNS(=O)(=O)c1ccc(Cl)c(Br)c1. The van der Waals surface area contributed by atoms with Crippen LogP contribution in [0, 0.1) is 5.92 Å². The van der Waals surface area contributed by atoms with Crippen molar-refractivity contribution in [1.29, 1.82) is 0 Å². The Morgan fingerprint density at radius 3 is 2.60 bits per heavy atom. The van der Waals surface area contributed by atoms with Crippen LogP contribution >= 0.6 is 27.5 Å². The third kappa shape index (κ3) is 5.35. The molecule has 0 saturated carbocycles. The Kier molecular flexibility index (Phi) is 7.51. The van der Waals surface area contributed by atoms with E-state index in [0.717, 1.165) is 25.7 Å². The predicted molar refractivity (Wildman–Crippen MR) is 87.6 cm³/mol. The van der Waals surface area contributed by atoms with E-state index in [2.05, 4.69) is 34.5 Å². The number of hydrogen-bond acceptors (Lipinski definition) is 2. The number of unbranched alkanes of at least 4 members (excludes halogenated alkanes) is 1. The summed E-state index contributed by atoms with van der Waals surface area (Å²) in [5.41, 5.74) is 0. The van der Waals surface area contributed by atoms with Gasteiger partial charge < -0.3 is 0 Å². The van der Waals surface area contributed by atoms with Crippen molar-refractivity contribution in [2.24, 2.45) is 5.92 Å². The van der Waals surface area contributed by atoms with Crippen LogP contribution in [0.3, 0.4) is 0 Å². The van der Waals surface area contributed by atoms with Crippen LogP contribution in [-0.2, 0) is 10.0 Å². The van der Waals surface area contributed by atoms with Crippen molar-refractivity contribution in [2.45, 2.75) is 44.4 Å². The minimum atomic E-state index is -3.47. The molecule has 114 valence electrons. The van der Waals surface area contributed by atoms with Crippen LogP contribution < -0.4 is 4.72 Å². The molecule has 1 aromatic carbocycles. The Bertz CT molecular complexity index is 534. The highest BCUT2D eigenvalue weighted by molar-refractivity contribution is 9.10. The standard InChI is InChI=1S/C14H21BrClNO2S/c1-3-5-6-11(4-2)10-17-20(18,19)12-7-8-14(16)13(15)9-12/h7-9,11,17H,3-6,10H2,1-2H3. The second-order valence-corrected chi connectivity index (χ2v) is 7.87. The minimum absolute atomic E-state index is 0.235. The predicted octanol–water partition coefficient (Wildman–Crippen LogP) is 4.60. The van der Waals surface area contributed by atoms with Crippen molar-refractivity contribution >= 4 is 37.6 Å². The molecule has 1 rings (SSSR count). The fourth-order valence-corrected chi connectivity index (χ4v) is 3.69. The second-order valence-electron chi connectivity index (χ2n) is 4.84.